The van der Waals surface area contributed by atoms with Crippen LogP contribution in [0.3, 0.4) is 0 Å². The van der Waals surface area contributed by atoms with Gasteiger partial charge in [-0.1, -0.05) is 25.5 Å². The first-order valence-electron chi connectivity index (χ1n) is 7.26. The van der Waals surface area contributed by atoms with Gasteiger partial charge in [-0.15, -0.1) is 0 Å². The first-order chi connectivity index (χ1) is 9.26. The summed E-state index contributed by atoms with van der Waals surface area (Å²) in [6.07, 6.45) is 4.64. The molecule has 3 heteroatoms. The molecule has 102 valence electrons. The van der Waals surface area contributed by atoms with Crippen molar-refractivity contribution in [1.29, 1.82) is 5.26 Å². The quantitative estimate of drug-likeness (QED) is 0.906. The van der Waals surface area contributed by atoms with E-state index in [1.54, 1.807) is 0 Å². The molecule has 3 nitrogen and oxygen atoms in total. The van der Waals surface area contributed by atoms with Crippen molar-refractivity contribution in [2.24, 2.45) is 5.73 Å². The average Bonchev–Trinajstić information content (AvgIpc) is 2.61. The molecule has 0 bridgehead atoms. The first kappa shape index (κ1) is 14.0. The Labute approximate surface area is 116 Å². The monoisotopic (exact) mass is 257 g/mol. The van der Waals surface area contributed by atoms with Crippen LogP contribution in [0.4, 0.5) is 0 Å². The number of nitrogens with two attached hydrogens (primary N) is 1. The molecule has 19 heavy (non-hydrogen) atoms. The predicted octanol–water partition coefficient (Wildman–Crippen LogP) is 2.82. The van der Waals surface area contributed by atoms with Crippen LogP contribution in [0.15, 0.2) is 24.3 Å². The van der Waals surface area contributed by atoms with Crippen LogP contribution in [0, 0.1) is 11.3 Å². The number of nitriles is 1. The lowest BCUT2D eigenvalue weighted by Crippen LogP contribution is -2.40. The third kappa shape index (κ3) is 3.34. The summed E-state index contributed by atoms with van der Waals surface area (Å²) in [4.78, 5) is 2.49. The summed E-state index contributed by atoms with van der Waals surface area (Å²) in [5.41, 5.74) is 8.32. The molecule has 1 aliphatic rings. The summed E-state index contributed by atoms with van der Waals surface area (Å²) in [5, 5.41) is 9.06. The largest absolute Gasteiger partial charge is 0.326 e. The van der Waals surface area contributed by atoms with Gasteiger partial charge in [-0.25, -0.2) is 0 Å². The highest BCUT2D eigenvalue weighted by Crippen LogP contribution is 2.29. The van der Waals surface area contributed by atoms with Gasteiger partial charge in [0.25, 0.3) is 0 Å². The van der Waals surface area contributed by atoms with Gasteiger partial charge in [0.15, 0.2) is 0 Å². The van der Waals surface area contributed by atoms with E-state index in [0.29, 0.717) is 0 Å². The van der Waals surface area contributed by atoms with Crippen LogP contribution in [0.1, 0.15) is 49.8 Å². The van der Waals surface area contributed by atoms with Gasteiger partial charge in [0.2, 0.25) is 0 Å². The third-order valence-electron chi connectivity index (χ3n) is 3.90. The van der Waals surface area contributed by atoms with E-state index >= 15 is 0 Å². The molecule has 0 spiro atoms. The van der Waals surface area contributed by atoms with Crippen LogP contribution in [0.2, 0.25) is 0 Å². The molecule has 2 unspecified atom stereocenters. The van der Waals surface area contributed by atoms with Crippen molar-refractivity contribution in [1.82, 2.24) is 4.90 Å². The summed E-state index contributed by atoms with van der Waals surface area (Å²) in [5.74, 6) is 0. The smallest absolute Gasteiger partial charge is 0.0991 e. The van der Waals surface area contributed by atoms with Crippen LogP contribution in [-0.2, 0) is 0 Å². The second-order valence-corrected chi connectivity index (χ2v) is 5.38. The van der Waals surface area contributed by atoms with Gasteiger partial charge in [0, 0.05) is 12.1 Å². The van der Waals surface area contributed by atoms with Crippen molar-refractivity contribution in [3.8, 4) is 6.07 Å². The topological polar surface area (TPSA) is 53.0 Å². The maximum atomic E-state index is 9.06. The lowest BCUT2D eigenvalue weighted by Gasteiger charge is -2.33. The van der Waals surface area contributed by atoms with E-state index in [2.05, 4.69) is 24.0 Å². The van der Waals surface area contributed by atoms with E-state index in [9.17, 15) is 0 Å². The molecule has 1 aliphatic heterocycles. The summed E-state index contributed by atoms with van der Waals surface area (Å²) in [7, 11) is 0. The van der Waals surface area contributed by atoms with Gasteiger partial charge in [0.05, 0.1) is 11.6 Å². The summed E-state index contributed by atoms with van der Waals surface area (Å²) >= 11 is 0. The second-order valence-electron chi connectivity index (χ2n) is 5.38. The molecule has 1 aromatic rings. The fraction of sp³-hybridized carbons (Fsp3) is 0.562. The normalized spacial score (nSPS) is 24.7. The molecule has 2 atom stereocenters. The van der Waals surface area contributed by atoms with Gasteiger partial charge in [0.1, 0.15) is 0 Å². The number of nitrogens with zero attached hydrogens (tertiary/aromatic N) is 2. The van der Waals surface area contributed by atoms with Crippen LogP contribution in [0.5, 0.6) is 0 Å². The molecule has 0 amide bonds. The zero-order valence-electron chi connectivity index (χ0n) is 11.7. The summed E-state index contributed by atoms with van der Waals surface area (Å²) in [6.45, 7) is 4.40. The highest BCUT2D eigenvalue weighted by molar-refractivity contribution is 5.35. The molecular weight excluding hydrogens is 234 g/mol. The van der Waals surface area contributed by atoms with E-state index in [1.165, 1.54) is 18.4 Å². The fourth-order valence-electron chi connectivity index (χ4n) is 3.05. The van der Waals surface area contributed by atoms with E-state index in [0.717, 1.165) is 31.5 Å². The average molecular weight is 257 g/mol. The van der Waals surface area contributed by atoms with Crippen molar-refractivity contribution in [3.63, 3.8) is 0 Å². The summed E-state index contributed by atoms with van der Waals surface area (Å²) < 4.78 is 0. The third-order valence-corrected chi connectivity index (χ3v) is 3.90. The van der Waals surface area contributed by atoms with Crippen molar-refractivity contribution in [2.75, 3.05) is 13.1 Å². The molecule has 2 rings (SSSR count). The Bertz CT molecular complexity index is 450. The maximum absolute atomic E-state index is 9.06. The lowest BCUT2D eigenvalue weighted by atomic mass is 9.95. The lowest BCUT2D eigenvalue weighted by molar-refractivity contribution is 0.186. The Morgan fingerprint density at radius 3 is 3.00 bits per heavy atom. The molecule has 1 fully saturated rings. The Hall–Kier alpha value is -1.37. The van der Waals surface area contributed by atoms with Gasteiger partial charge >= 0.3 is 0 Å². The van der Waals surface area contributed by atoms with Gasteiger partial charge in [-0.2, -0.15) is 5.26 Å². The Morgan fingerprint density at radius 1 is 1.42 bits per heavy atom. The second kappa shape index (κ2) is 6.70. The maximum Gasteiger partial charge on any atom is 0.0991 e. The molecule has 1 heterocycles. The zero-order chi connectivity index (χ0) is 13.7. The zero-order valence-corrected chi connectivity index (χ0v) is 11.7. The molecule has 0 aromatic heterocycles. The van der Waals surface area contributed by atoms with E-state index in [1.807, 2.05) is 18.2 Å². The van der Waals surface area contributed by atoms with Crippen LogP contribution >= 0.6 is 0 Å². The molecule has 1 saturated heterocycles. The van der Waals surface area contributed by atoms with E-state index in [4.69, 9.17) is 11.0 Å². The number of rotatable bonds is 3. The van der Waals surface area contributed by atoms with Crippen molar-refractivity contribution < 1.29 is 0 Å². The van der Waals surface area contributed by atoms with Crippen LogP contribution < -0.4 is 5.73 Å². The summed E-state index contributed by atoms with van der Waals surface area (Å²) in [6, 6.07) is 10.6. The van der Waals surface area contributed by atoms with Crippen molar-refractivity contribution in [3.05, 3.63) is 35.4 Å². The first-order valence-corrected chi connectivity index (χ1v) is 7.26. The number of hydrogen-bond acceptors (Lipinski definition) is 3. The molecular formula is C16H23N3. The molecule has 0 aliphatic carbocycles. The SMILES string of the molecule is CCCN1CCCCC(N)C1c1cccc(C#N)c1. The predicted molar refractivity (Wildman–Crippen MR) is 77.6 cm³/mol. The Morgan fingerprint density at radius 2 is 2.26 bits per heavy atom. The highest BCUT2D eigenvalue weighted by Gasteiger charge is 2.28. The minimum Gasteiger partial charge on any atom is -0.326 e. The van der Waals surface area contributed by atoms with Crippen LogP contribution in [-0.4, -0.2) is 24.0 Å². The van der Waals surface area contributed by atoms with Crippen molar-refractivity contribution >= 4 is 0 Å². The van der Waals surface area contributed by atoms with Gasteiger partial charge < -0.3 is 5.73 Å². The minimum atomic E-state index is 0.169. The minimum absolute atomic E-state index is 0.169. The van der Waals surface area contributed by atoms with Crippen molar-refractivity contribution in [2.45, 2.75) is 44.7 Å². The number of hydrogen-bond donors (Lipinski definition) is 1. The van der Waals surface area contributed by atoms with Crippen LogP contribution in [0.25, 0.3) is 0 Å². The van der Waals surface area contributed by atoms with E-state index < -0.39 is 0 Å². The Balaban J connectivity index is 2.31. The molecule has 0 saturated carbocycles. The number of likely N-dealkylation sites (tertiary alicyclic amines) is 1. The van der Waals surface area contributed by atoms with Gasteiger partial charge in [-0.3, -0.25) is 4.90 Å². The van der Waals surface area contributed by atoms with Gasteiger partial charge in [-0.05, 0) is 50.0 Å². The molecule has 0 radical (unpaired) electrons. The fourth-order valence-corrected chi connectivity index (χ4v) is 3.05. The highest BCUT2D eigenvalue weighted by atomic mass is 15.2. The van der Waals surface area contributed by atoms with E-state index in [-0.39, 0.29) is 12.1 Å². The Kier molecular flexibility index (Phi) is 4.95. The molecule has 1 aromatic carbocycles. The number of benzene rings is 1. The standard InChI is InChI=1S/C16H23N3/c1-2-9-19-10-4-3-8-15(18)16(19)14-7-5-6-13(11-14)12-17/h5-7,11,15-16H,2-4,8-10,18H2,1H3. The molecule has 2 N–H and O–H groups in total.